The maximum atomic E-state index is 11.1. The van der Waals surface area contributed by atoms with Crippen molar-refractivity contribution in [2.45, 2.75) is 26.3 Å². The molecular weight excluding hydrogens is 142 g/mol. The van der Waals surface area contributed by atoms with E-state index in [9.17, 15) is 9.59 Å². The fraction of sp³-hybridized carbons (Fsp3) is 0.750. The van der Waals surface area contributed by atoms with Gasteiger partial charge < -0.3 is 4.90 Å². The van der Waals surface area contributed by atoms with Gasteiger partial charge in [0.25, 0.3) is 0 Å². The number of carbonyl (C=O) groups excluding carboxylic acids is 2. The Balaban J connectivity index is 2.67. The Morgan fingerprint density at radius 3 is 2.45 bits per heavy atom. The van der Waals surface area contributed by atoms with Gasteiger partial charge in [-0.15, -0.1) is 0 Å². The zero-order valence-corrected chi connectivity index (χ0v) is 7.13. The molecule has 0 aliphatic carbocycles. The van der Waals surface area contributed by atoms with Crippen molar-refractivity contribution in [3.05, 3.63) is 0 Å². The van der Waals surface area contributed by atoms with Gasteiger partial charge in [-0.1, -0.05) is 6.92 Å². The van der Waals surface area contributed by atoms with Gasteiger partial charge in [-0.3, -0.25) is 9.59 Å². The fourth-order valence-corrected chi connectivity index (χ4v) is 1.64. The van der Waals surface area contributed by atoms with E-state index in [1.165, 1.54) is 6.92 Å². The molecule has 1 saturated heterocycles. The number of nitrogens with zero attached hydrogens (tertiary/aromatic N) is 1. The van der Waals surface area contributed by atoms with Crippen molar-refractivity contribution in [3.8, 4) is 0 Å². The van der Waals surface area contributed by atoms with Gasteiger partial charge in [0.05, 0.1) is 0 Å². The largest absolute Gasteiger partial charge is 0.341 e. The Morgan fingerprint density at radius 2 is 2.18 bits per heavy atom. The first-order valence-corrected chi connectivity index (χ1v) is 3.86. The second-order valence-electron chi connectivity index (χ2n) is 3.01. The fourth-order valence-electron chi connectivity index (χ4n) is 1.64. The van der Waals surface area contributed by atoms with E-state index < -0.39 is 0 Å². The molecule has 1 aliphatic heterocycles. The average Bonchev–Trinajstić information content (AvgIpc) is 1.96. The lowest BCUT2D eigenvalue weighted by atomic mass is 9.83. The predicted molar refractivity (Wildman–Crippen MR) is 41.0 cm³/mol. The molecule has 11 heavy (non-hydrogen) atoms. The minimum Gasteiger partial charge on any atom is -0.341 e. The molecule has 0 radical (unpaired) electrons. The van der Waals surface area contributed by atoms with E-state index in [1.54, 1.807) is 11.9 Å². The quantitative estimate of drug-likeness (QED) is 0.428. The van der Waals surface area contributed by atoms with E-state index in [1.807, 2.05) is 6.92 Å². The minimum atomic E-state index is -0.343. The van der Waals surface area contributed by atoms with Crippen molar-refractivity contribution in [2.24, 2.45) is 5.92 Å². The molecule has 0 spiro atoms. The van der Waals surface area contributed by atoms with Gasteiger partial charge in [-0.05, 0) is 13.3 Å². The summed E-state index contributed by atoms with van der Waals surface area (Å²) in [6.45, 7) is 3.47. The van der Waals surface area contributed by atoms with Crippen LogP contribution in [0, 0.1) is 5.92 Å². The highest BCUT2D eigenvalue weighted by molar-refractivity contribution is 6.05. The van der Waals surface area contributed by atoms with Gasteiger partial charge in [0, 0.05) is 13.1 Å². The monoisotopic (exact) mass is 155 g/mol. The van der Waals surface area contributed by atoms with Crippen molar-refractivity contribution in [2.75, 3.05) is 7.05 Å². The van der Waals surface area contributed by atoms with E-state index in [-0.39, 0.29) is 23.7 Å². The van der Waals surface area contributed by atoms with Crippen LogP contribution in [0.5, 0.6) is 0 Å². The van der Waals surface area contributed by atoms with Crippen LogP contribution in [0.3, 0.4) is 0 Å². The first kappa shape index (κ1) is 8.24. The highest BCUT2D eigenvalue weighted by Gasteiger charge is 2.46. The molecule has 0 aromatic heterocycles. The molecule has 0 bridgehead atoms. The number of ketones is 1. The molecule has 2 atom stereocenters. The lowest BCUT2D eigenvalue weighted by Gasteiger charge is -2.43. The van der Waals surface area contributed by atoms with Crippen molar-refractivity contribution in [1.82, 2.24) is 4.90 Å². The number of carbonyl (C=O) groups is 2. The molecule has 1 fully saturated rings. The van der Waals surface area contributed by atoms with Crippen molar-refractivity contribution in [3.63, 3.8) is 0 Å². The van der Waals surface area contributed by atoms with Crippen LogP contribution in [0.2, 0.25) is 0 Å². The summed E-state index contributed by atoms with van der Waals surface area (Å²) >= 11 is 0. The van der Waals surface area contributed by atoms with Crippen LogP contribution < -0.4 is 0 Å². The van der Waals surface area contributed by atoms with E-state index in [2.05, 4.69) is 0 Å². The van der Waals surface area contributed by atoms with Crippen LogP contribution >= 0.6 is 0 Å². The summed E-state index contributed by atoms with van der Waals surface area (Å²) in [5.41, 5.74) is 0. The maximum Gasteiger partial charge on any atom is 0.235 e. The number of amides is 1. The summed E-state index contributed by atoms with van der Waals surface area (Å²) < 4.78 is 0. The highest BCUT2D eigenvalue weighted by atomic mass is 16.2. The summed E-state index contributed by atoms with van der Waals surface area (Å²) in [6.07, 6.45) is 0.868. The number of likely N-dealkylation sites (tertiary alicyclic amines) is 1. The summed E-state index contributed by atoms with van der Waals surface area (Å²) in [7, 11) is 1.75. The molecule has 1 heterocycles. The number of hydrogen-bond acceptors (Lipinski definition) is 2. The first-order valence-electron chi connectivity index (χ1n) is 3.86. The predicted octanol–water partition coefficient (Wildman–Crippen LogP) is 0.442. The third-order valence-corrected chi connectivity index (χ3v) is 2.35. The van der Waals surface area contributed by atoms with Crippen molar-refractivity contribution >= 4 is 11.7 Å². The Labute approximate surface area is 66.4 Å². The summed E-state index contributed by atoms with van der Waals surface area (Å²) in [5.74, 6) is -0.366. The molecular formula is C8H13NO2. The molecule has 0 saturated carbocycles. The molecule has 0 aromatic rings. The third-order valence-electron chi connectivity index (χ3n) is 2.35. The number of Topliss-reactive ketones (excluding diaryl/α,β-unsaturated/α-hetero) is 1. The van der Waals surface area contributed by atoms with Crippen LogP contribution in [-0.2, 0) is 9.59 Å². The van der Waals surface area contributed by atoms with E-state index >= 15 is 0 Å². The van der Waals surface area contributed by atoms with Gasteiger partial charge in [-0.25, -0.2) is 0 Å². The van der Waals surface area contributed by atoms with Crippen molar-refractivity contribution in [1.29, 1.82) is 0 Å². The van der Waals surface area contributed by atoms with E-state index in [0.29, 0.717) is 0 Å². The van der Waals surface area contributed by atoms with E-state index in [0.717, 1.165) is 6.42 Å². The van der Waals surface area contributed by atoms with Gasteiger partial charge in [0.1, 0.15) is 11.7 Å². The summed E-state index contributed by atoms with van der Waals surface area (Å²) in [6, 6.07) is 0.153. The normalized spacial score (nSPS) is 30.1. The third kappa shape index (κ3) is 1.04. The SMILES string of the molecule is CC[C@H]1[C@@H](C(C)=O)C(=O)N1C. The van der Waals surface area contributed by atoms with Gasteiger partial charge in [0.2, 0.25) is 5.91 Å². The average molecular weight is 155 g/mol. The number of rotatable bonds is 2. The molecule has 0 N–H and O–H groups in total. The standard InChI is InChI=1S/C8H13NO2/c1-4-6-7(5(2)10)8(11)9(6)3/h6-7H,4H2,1-3H3/t6-,7+/m0/s1. The maximum absolute atomic E-state index is 11.1. The zero-order valence-electron chi connectivity index (χ0n) is 7.13. The van der Waals surface area contributed by atoms with Gasteiger partial charge in [-0.2, -0.15) is 0 Å². The van der Waals surface area contributed by atoms with Crippen LogP contribution in [0.1, 0.15) is 20.3 Å². The highest BCUT2D eigenvalue weighted by Crippen LogP contribution is 2.27. The molecule has 0 aromatic carbocycles. The zero-order chi connectivity index (χ0) is 8.59. The molecule has 3 nitrogen and oxygen atoms in total. The second-order valence-corrected chi connectivity index (χ2v) is 3.01. The Kier molecular flexibility index (Phi) is 1.98. The summed E-state index contributed by atoms with van der Waals surface area (Å²) in [4.78, 5) is 23.6. The molecule has 62 valence electrons. The molecule has 1 aliphatic rings. The second kappa shape index (κ2) is 2.64. The van der Waals surface area contributed by atoms with Gasteiger partial charge in [0.15, 0.2) is 0 Å². The number of β-lactam (4-membered cyclic amide) rings is 1. The van der Waals surface area contributed by atoms with Crippen molar-refractivity contribution < 1.29 is 9.59 Å². The molecule has 1 rings (SSSR count). The van der Waals surface area contributed by atoms with Crippen LogP contribution in [0.25, 0.3) is 0 Å². The molecule has 0 unspecified atom stereocenters. The minimum absolute atomic E-state index is 0.0000463. The van der Waals surface area contributed by atoms with Crippen LogP contribution in [0.4, 0.5) is 0 Å². The lowest BCUT2D eigenvalue weighted by molar-refractivity contribution is -0.158. The molecule has 3 heteroatoms. The first-order chi connectivity index (χ1) is 5.09. The molecule has 1 amide bonds. The Morgan fingerprint density at radius 1 is 1.64 bits per heavy atom. The summed E-state index contributed by atoms with van der Waals surface area (Å²) in [5, 5.41) is 0. The van der Waals surface area contributed by atoms with E-state index in [4.69, 9.17) is 0 Å². The Hall–Kier alpha value is -0.860. The Bertz CT molecular complexity index is 200. The number of hydrogen-bond donors (Lipinski definition) is 0. The van der Waals surface area contributed by atoms with Gasteiger partial charge >= 0.3 is 0 Å². The van der Waals surface area contributed by atoms with Crippen LogP contribution in [-0.4, -0.2) is 29.7 Å². The van der Waals surface area contributed by atoms with Crippen LogP contribution in [0.15, 0.2) is 0 Å². The smallest absolute Gasteiger partial charge is 0.235 e. The lowest BCUT2D eigenvalue weighted by Crippen LogP contribution is -2.60. The topological polar surface area (TPSA) is 37.4 Å².